The van der Waals surface area contributed by atoms with Gasteiger partial charge in [-0.3, -0.25) is 33.3 Å². The van der Waals surface area contributed by atoms with Gasteiger partial charge in [-0.25, -0.2) is 9.65 Å². The maximum Gasteiger partial charge on any atom is 0.405 e. The highest BCUT2D eigenvalue weighted by Crippen LogP contribution is 2.45. The van der Waals surface area contributed by atoms with Crippen LogP contribution >= 0.6 is 7.75 Å². The molecule has 0 aliphatic rings. The largest absolute Gasteiger partial charge is 0.481 e. The lowest BCUT2D eigenvalue weighted by atomic mass is 9.93. The third-order valence-corrected chi connectivity index (χ3v) is 4.30. The van der Waals surface area contributed by atoms with E-state index in [-0.39, 0.29) is 19.2 Å². The predicted molar refractivity (Wildman–Crippen MR) is 81.7 cm³/mol. The molecule has 0 heterocycles. The Hall–Kier alpha value is -2.87. The number of hydrogen-bond donors (Lipinski definition) is 5. The number of carboxylic acids is 3. The van der Waals surface area contributed by atoms with E-state index in [9.17, 15) is 43.3 Å². The van der Waals surface area contributed by atoms with E-state index < -0.39 is 62.8 Å². The van der Waals surface area contributed by atoms with Crippen molar-refractivity contribution in [2.24, 2.45) is 0 Å². The first-order chi connectivity index (χ1) is 12.9. The predicted octanol–water partition coefficient (Wildman–Crippen LogP) is -2.25. The van der Waals surface area contributed by atoms with E-state index in [2.05, 4.69) is 14.0 Å². The van der Waals surface area contributed by atoms with Crippen LogP contribution in [0.15, 0.2) is 0 Å². The maximum atomic E-state index is 12.3. The van der Waals surface area contributed by atoms with Crippen LogP contribution in [0.4, 0.5) is 0 Å². The molecule has 0 aromatic rings. The van der Waals surface area contributed by atoms with Gasteiger partial charge in [0.1, 0.15) is 18.8 Å². The number of ether oxygens (including phenoxy) is 2. The Balaban J connectivity index is 5.94. The Morgan fingerprint density at radius 3 is 1.64 bits per heavy atom. The summed E-state index contributed by atoms with van der Waals surface area (Å²) in [5.74, 6) is -5.81. The molecule has 0 aromatic carbocycles. The first-order valence-electron chi connectivity index (χ1n) is 6.94. The first kappa shape index (κ1) is 25.1. The smallest absolute Gasteiger partial charge is 0.405 e. The van der Waals surface area contributed by atoms with Crippen molar-refractivity contribution in [3.8, 4) is 0 Å². The van der Waals surface area contributed by atoms with Crippen molar-refractivity contribution in [2.75, 3.05) is 13.2 Å². The number of rotatable bonds is 16. The lowest BCUT2D eigenvalue weighted by Crippen LogP contribution is -2.55. The molecule has 1 unspecified atom stereocenters. The number of hydrogen-bond acceptors (Lipinski definition) is 10. The molecule has 0 radical (unpaired) electrons. The Morgan fingerprint density at radius 1 is 0.929 bits per heavy atom. The van der Waals surface area contributed by atoms with Crippen molar-refractivity contribution in [1.29, 1.82) is 0 Å². The zero-order valence-electron chi connectivity index (χ0n) is 13.9. The number of nitrogens with one attached hydrogen (secondary N) is 1. The average Bonchev–Trinajstić information content (AvgIpc) is 2.55. The van der Waals surface area contributed by atoms with Crippen LogP contribution in [-0.4, -0.2) is 81.7 Å². The standard InChI is InChI=1S/C12H16NO14P/c14-3-11(4-25-6-15,5-26-7-16)27-28(23,24)13-12(10(21)22,1-8(17)18)2-9(19)20/h3,6-7H,1-2,4-5H2,(H,17,18)(H,19,20)(H,21,22)(H2,13,23,24). The molecule has 28 heavy (non-hydrogen) atoms. The van der Waals surface area contributed by atoms with Gasteiger partial charge >= 0.3 is 25.7 Å². The highest BCUT2D eigenvalue weighted by Gasteiger charge is 2.50. The zero-order chi connectivity index (χ0) is 22.0. The molecule has 5 N–H and O–H groups in total. The van der Waals surface area contributed by atoms with Crippen LogP contribution in [0.5, 0.6) is 0 Å². The molecule has 0 rings (SSSR count). The van der Waals surface area contributed by atoms with E-state index in [4.69, 9.17) is 10.2 Å². The van der Waals surface area contributed by atoms with Gasteiger partial charge < -0.3 is 29.7 Å². The lowest BCUT2D eigenvalue weighted by Gasteiger charge is -2.33. The Morgan fingerprint density at radius 2 is 1.36 bits per heavy atom. The summed E-state index contributed by atoms with van der Waals surface area (Å²) in [5.41, 5.74) is -5.61. The van der Waals surface area contributed by atoms with Crippen LogP contribution in [0.25, 0.3) is 0 Å². The van der Waals surface area contributed by atoms with Gasteiger partial charge in [-0.15, -0.1) is 0 Å². The molecule has 0 aliphatic heterocycles. The number of aliphatic carboxylic acids is 3. The molecule has 16 heteroatoms. The van der Waals surface area contributed by atoms with E-state index >= 15 is 0 Å². The monoisotopic (exact) mass is 429 g/mol. The second kappa shape index (κ2) is 10.5. The summed E-state index contributed by atoms with van der Waals surface area (Å²) in [4.78, 5) is 75.1. The molecule has 0 fully saturated rings. The van der Waals surface area contributed by atoms with Crippen LogP contribution in [0.2, 0.25) is 0 Å². The minimum absolute atomic E-state index is 0.186. The molecule has 0 bridgehead atoms. The van der Waals surface area contributed by atoms with Gasteiger partial charge in [-0.05, 0) is 0 Å². The fraction of sp³-hybridized carbons (Fsp3) is 0.500. The molecule has 0 aliphatic carbocycles. The summed E-state index contributed by atoms with van der Waals surface area (Å²) in [7, 11) is -5.48. The molecule has 0 saturated heterocycles. The molecule has 0 saturated carbocycles. The first-order valence-corrected chi connectivity index (χ1v) is 8.52. The minimum atomic E-state index is -5.48. The fourth-order valence-electron chi connectivity index (χ4n) is 1.93. The third-order valence-electron chi connectivity index (χ3n) is 2.98. The SMILES string of the molecule is O=COCC(C=O)(COC=O)OP(=O)(O)NC(CC(=O)O)(CC(=O)O)C(=O)O. The maximum absolute atomic E-state index is 12.3. The lowest BCUT2D eigenvalue weighted by molar-refractivity contribution is -0.156. The number of carbonyl (C=O) groups is 6. The number of carbonyl (C=O) groups excluding carboxylic acids is 3. The molecule has 0 amide bonds. The van der Waals surface area contributed by atoms with Crippen molar-refractivity contribution < 1.29 is 67.5 Å². The van der Waals surface area contributed by atoms with Gasteiger partial charge in [0.25, 0.3) is 12.9 Å². The van der Waals surface area contributed by atoms with Gasteiger partial charge in [-0.2, -0.15) is 0 Å². The summed E-state index contributed by atoms with van der Waals surface area (Å²) in [6.07, 6.45) is -3.12. The second-order valence-electron chi connectivity index (χ2n) is 5.25. The normalized spacial score (nSPS) is 13.6. The Labute approximate surface area is 155 Å². The Kier molecular flexibility index (Phi) is 9.39. The van der Waals surface area contributed by atoms with Gasteiger partial charge in [0, 0.05) is 0 Å². The molecular formula is C12H16NO14P. The van der Waals surface area contributed by atoms with E-state index in [1.807, 2.05) is 0 Å². The minimum Gasteiger partial charge on any atom is -0.481 e. The summed E-state index contributed by atoms with van der Waals surface area (Å²) >= 11 is 0. The summed E-state index contributed by atoms with van der Waals surface area (Å²) in [5, 5.41) is 28.3. The summed E-state index contributed by atoms with van der Waals surface area (Å²) in [6, 6.07) is 0. The van der Waals surface area contributed by atoms with Gasteiger partial charge in [0.05, 0.1) is 12.8 Å². The van der Waals surface area contributed by atoms with Gasteiger partial charge in [0.15, 0.2) is 6.29 Å². The van der Waals surface area contributed by atoms with E-state index in [1.54, 1.807) is 0 Å². The highest BCUT2D eigenvalue weighted by atomic mass is 31.2. The highest BCUT2D eigenvalue weighted by molar-refractivity contribution is 7.50. The average molecular weight is 429 g/mol. The van der Waals surface area contributed by atoms with Crippen LogP contribution < -0.4 is 5.09 Å². The van der Waals surface area contributed by atoms with E-state index in [0.717, 1.165) is 0 Å². The Bertz CT molecular complexity index is 647. The van der Waals surface area contributed by atoms with Crippen LogP contribution in [0, 0.1) is 0 Å². The molecule has 1 atom stereocenters. The second-order valence-corrected chi connectivity index (χ2v) is 6.70. The zero-order valence-corrected chi connectivity index (χ0v) is 14.8. The molecule has 0 spiro atoms. The third kappa shape index (κ3) is 7.79. The van der Waals surface area contributed by atoms with Gasteiger partial charge in [0.2, 0.25) is 5.60 Å². The number of carboxylic acid groups (broad SMARTS) is 3. The summed E-state index contributed by atoms with van der Waals surface area (Å²) in [6.45, 7) is -2.49. The molecule has 158 valence electrons. The van der Waals surface area contributed by atoms with Gasteiger partial charge in [-0.1, -0.05) is 0 Å². The molecule has 0 aromatic heterocycles. The van der Waals surface area contributed by atoms with Crippen molar-refractivity contribution in [2.45, 2.75) is 24.0 Å². The number of aldehydes is 1. The molecular weight excluding hydrogens is 413 g/mol. The van der Waals surface area contributed by atoms with Crippen molar-refractivity contribution in [3.05, 3.63) is 0 Å². The molecule has 15 nitrogen and oxygen atoms in total. The van der Waals surface area contributed by atoms with E-state index in [1.165, 1.54) is 5.09 Å². The van der Waals surface area contributed by atoms with Crippen molar-refractivity contribution >= 4 is 44.9 Å². The fourth-order valence-corrected chi connectivity index (χ4v) is 3.41. The van der Waals surface area contributed by atoms with Crippen molar-refractivity contribution in [1.82, 2.24) is 5.09 Å². The van der Waals surface area contributed by atoms with E-state index in [0.29, 0.717) is 0 Å². The van der Waals surface area contributed by atoms with Crippen molar-refractivity contribution in [3.63, 3.8) is 0 Å². The quantitative estimate of drug-likeness (QED) is 0.128. The summed E-state index contributed by atoms with van der Waals surface area (Å²) < 4.78 is 25.4. The topological polar surface area (TPSA) is 240 Å². The van der Waals surface area contributed by atoms with Crippen LogP contribution in [0.3, 0.4) is 0 Å². The van der Waals surface area contributed by atoms with Crippen LogP contribution in [-0.2, 0) is 47.3 Å². The van der Waals surface area contributed by atoms with Crippen LogP contribution in [0.1, 0.15) is 12.8 Å².